The molecule has 2 heterocycles. The maximum Gasteiger partial charge on any atom is 0.317 e. The van der Waals surface area contributed by atoms with Crippen LogP contribution in [0.25, 0.3) is 0 Å². The number of nitrogens with one attached hydrogen (secondary N) is 1. The van der Waals surface area contributed by atoms with E-state index < -0.39 is 0 Å². The first-order valence-corrected chi connectivity index (χ1v) is 7.16. The lowest BCUT2D eigenvalue weighted by Gasteiger charge is -2.36. The molecule has 0 aromatic heterocycles. The van der Waals surface area contributed by atoms with Crippen LogP contribution in [0.3, 0.4) is 0 Å². The van der Waals surface area contributed by atoms with E-state index in [0.29, 0.717) is 18.2 Å². The van der Waals surface area contributed by atoms with Gasteiger partial charge in [-0.3, -0.25) is 4.90 Å². The number of carbonyl (C=O) groups excluding carboxylic acids is 1. The molecule has 2 fully saturated rings. The van der Waals surface area contributed by atoms with E-state index in [4.69, 9.17) is 10.00 Å². The highest BCUT2D eigenvalue weighted by Gasteiger charge is 2.35. The van der Waals surface area contributed by atoms with Crippen molar-refractivity contribution in [3.05, 3.63) is 29.8 Å². The van der Waals surface area contributed by atoms with Gasteiger partial charge in [0, 0.05) is 32.7 Å². The van der Waals surface area contributed by atoms with Gasteiger partial charge in [-0.25, -0.2) is 4.79 Å². The summed E-state index contributed by atoms with van der Waals surface area (Å²) in [6, 6.07) is 9.58. The summed E-state index contributed by atoms with van der Waals surface area (Å²) < 4.78 is 5.69. The molecule has 6 nitrogen and oxygen atoms in total. The molecule has 0 spiro atoms. The van der Waals surface area contributed by atoms with Gasteiger partial charge in [-0.1, -0.05) is 0 Å². The average molecular weight is 286 g/mol. The normalized spacial score (nSPS) is 21.6. The van der Waals surface area contributed by atoms with Crippen LogP contribution in [0.15, 0.2) is 24.3 Å². The molecule has 0 saturated carbocycles. The van der Waals surface area contributed by atoms with Crippen LogP contribution in [0, 0.1) is 11.3 Å². The number of piperazine rings is 1. The van der Waals surface area contributed by atoms with Crippen molar-refractivity contribution in [1.82, 2.24) is 15.1 Å². The van der Waals surface area contributed by atoms with E-state index in [1.165, 1.54) is 0 Å². The maximum absolute atomic E-state index is 11.5. The van der Waals surface area contributed by atoms with Crippen molar-refractivity contribution in [2.24, 2.45) is 0 Å². The molecule has 1 atom stereocenters. The SMILES string of the molecule is N#Cc1ccc(OCCN2CCN3C(=O)NCC3C2)cc1. The average Bonchev–Trinajstić information content (AvgIpc) is 2.89. The van der Waals surface area contributed by atoms with Crippen molar-refractivity contribution in [2.45, 2.75) is 6.04 Å². The van der Waals surface area contributed by atoms with Gasteiger partial charge in [0.05, 0.1) is 17.7 Å². The third kappa shape index (κ3) is 3.09. The van der Waals surface area contributed by atoms with Gasteiger partial charge in [-0.2, -0.15) is 5.26 Å². The first-order chi connectivity index (χ1) is 10.3. The second-order valence-corrected chi connectivity index (χ2v) is 5.32. The summed E-state index contributed by atoms with van der Waals surface area (Å²) in [7, 11) is 0. The summed E-state index contributed by atoms with van der Waals surface area (Å²) >= 11 is 0. The third-order valence-corrected chi connectivity index (χ3v) is 3.98. The Balaban J connectivity index is 1.43. The van der Waals surface area contributed by atoms with Gasteiger partial charge in [0.25, 0.3) is 0 Å². The quantitative estimate of drug-likeness (QED) is 0.882. The zero-order valence-corrected chi connectivity index (χ0v) is 11.8. The Bertz CT molecular complexity index is 552. The third-order valence-electron chi connectivity index (χ3n) is 3.98. The molecule has 1 N–H and O–H groups in total. The molecular weight excluding hydrogens is 268 g/mol. The number of benzene rings is 1. The maximum atomic E-state index is 11.5. The number of nitriles is 1. The molecule has 1 aromatic carbocycles. The number of urea groups is 1. The smallest absolute Gasteiger partial charge is 0.317 e. The molecular formula is C15H18N4O2. The summed E-state index contributed by atoms with van der Waals surface area (Å²) in [6.07, 6.45) is 0. The minimum absolute atomic E-state index is 0.0634. The number of carbonyl (C=O) groups is 1. The topological polar surface area (TPSA) is 68.6 Å². The van der Waals surface area contributed by atoms with Crippen molar-refractivity contribution in [1.29, 1.82) is 5.26 Å². The number of hydrogen-bond acceptors (Lipinski definition) is 4. The highest BCUT2D eigenvalue weighted by molar-refractivity contribution is 5.77. The molecule has 0 aliphatic carbocycles. The van der Waals surface area contributed by atoms with E-state index in [1.54, 1.807) is 12.1 Å². The number of nitrogens with zero attached hydrogens (tertiary/aromatic N) is 3. The van der Waals surface area contributed by atoms with Gasteiger partial charge in [0.15, 0.2) is 0 Å². The van der Waals surface area contributed by atoms with Gasteiger partial charge in [0.1, 0.15) is 12.4 Å². The monoisotopic (exact) mass is 286 g/mol. The molecule has 1 aromatic rings. The number of rotatable bonds is 4. The Kier molecular flexibility index (Phi) is 3.93. The highest BCUT2D eigenvalue weighted by atomic mass is 16.5. The van der Waals surface area contributed by atoms with E-state index in [2.05, 4.69) is 16.3 Å². The minimum atomic E-state index is 0.0634. The molecule has 0 bridgehead atoms. The van der Waals surface area contributed by atoms with Crippen LogP contribution in [0.1, 0.15) is 5.56 Å². The number of amides is 2. The van der Waals surface area contributed by atoms with E-state index in [9.17, 15) is 4.79 Å². The van der Waals surface area contributed by atoms with E-state index in [0.717, 1.165) is 38.5 Å². The summed E-state index contributed by atoms with van der Waals surface area (Å²) in [6.45, 7) is 4.77. The Morgan fingerprint density at radius 1 is 1.33 bits per heavy atom. The fourth-order valence-corrected chi connectivity index (χ4v) is 2.79. The van der Waals surface area contributed by atoms with Crippen molar-refractivity contribution in [3.63, 3.8) is 0 Å². The Labute approximate surface area is 123 Å². The van der Waals surface area contributed by atoms with E-state index >= 15 is 0 Å². The Morgan fingerprint density at radius 3 is 2.90 bits per heavy atom. The summed E-state index contributed by atoms with van der Waals surface area (Å²) in [5, 5.41) is 11.6. The van der Waals surface area contributed by atoms with Gasteiger partial charge >= 0.3 is 6.03 Å². The first kappa shape index (κ1) is 13.7. The standard InChI is InChI=1S/C15H18N4O2/c16-9-12-1-3-14(4-2-12)21-8-7-18-5-6-19-13(11-18)10-17-15(19)20/h1-4,13H,5-8,10-11H2,(H,17,20). The van der Waals surface area contributed by atoms with Crippen LogP contribution in [0.2, 0.25) is 0 Å². The predicted octanol–water partition coefficient (Wildman–Crippen LogP) is 0.646. The van der Waals surface area contributed by atoms with Gasteiger partial charge in [-0.05, 0) is 24.3 Å². The van der Waals surface area contributed by atoms with Gasteiger partial charge in [0.2, 0.25) is 0 Å². The van der Waals surface area contributed by atoms with Crippen LogP contribution in [0.5, 0.6) is 5.75 Å². The second-order valence-electron chi connectivity index (χ2n) is 5.32. The molecule has 2 aliphatic rings. The molecule has 2 saturated heterocycles. The molecule has 1 unspecified atom stereocenters. The molecule has 2 aliphatic heterocycles. The highest BCUT2D eigenvalue weighted by Crippen LogP contribution is 2.15. The number of fused-ring (bicyclic) bond motifs is 1. The summed E-state index contributed by atoms with van der Waals surface area (Å²) in [5.41, 5.74) is 0.636. The van der Waals surface area contributed by atoms with E-state index in [-0.39, 0.29) is 6.03 Å². The molecule has 6 heteroatoms. The molecule has 21 heavy (non-hydrogen) atoms. The lowest BCUT2D eigenvalue weighted by atomic mass is 10.2. The summed E-state index contributed by atoms with van der Waals surface area (Å²) in [4.78, 5) is 15.8. The first-order valence-electron chi connectivity index (χ1n) is 7.16. The predicted molar refractivity (Wildman–Crippen MR) is 77.0 cm³/mol. The molecule has 2 amide bonds. The van der Waals surface area contributed by atoms with E-state index in [1.807, 2.05) is 17.0 Å². The zero-order valence-electron chi connectivity index (χ0n) is 11.8. The lowest BCUT2D eigenvalue weighted by Crippen LogP contribution is -2.52. The van der Waals surface area contributed by atoms with Crippen LogP contribution in [-0.4, -0.2) is 61.2 Å². The largest absolute Gasteiger partial charge is 0.492 e. The fraction of sp³-hybridized carbons (Fsp3) is 0.467. The van der Waals surface area contributed by atoms with Gasteiger partial charge < -0.3 is 15.0 Å². The van der Waals surface area contributed by atoms with Crippen molar-refractivity contribution in [2.75, 3.05) is 39.3 Å². The van der Waals surface area contributed by atoms with Crippen molar-refractivity contribution < 1.29 is 9.53 Å². The van der Waals surface area contributed by atoms with Crippen molar-refractivity contribution in [3.8, 4) is 11.8 Å². The molecule has 3 rings (SSSR count). The van der Waals surface area contributed by atoms with Crippen LogP contribution in [0.4, 0.5) is 4.79 Å². The zero-order chi connectivity index (χ0) is 14.7. The Morgan fingerprint density at radius 2 is 2.14 bits per heavy atom. The molecule has 0 radical (unpaired) electrons. The second kappa shape index (κ2) is 6.02. The molecule has 110 valence electrons. The van der Waals surface area contributed by atoms with Crippen LogP contribution in [-0.2, 0) is 0 Å². The number of ether oxygens (including phenoxy) is 1. The van der Waals surface area contributed by atoms with Crippen molar-refractivity contribution >= 4 is 6.03 Å². The minimum Gasteiger partial charge on any atom is -0.492 e. The van der Waals surface area contributed by atoms with Crippen LogP contribution >= 0.6 is 0 Å². The summed E-state index contributed by atoms with van der Waals surface area (Å²) in [5.74, 6) is 0.783. The Hall–Kier alpha value is -2.26. The number of hydrogen-bond donors (Lipinski definition) is 1. The van der Waals surface area contributed by atoms with Crippen LogP contribution < -0.4 is 10.1 Å². The fourth-order valence-electron chi connectivity index (χ4n) is 2.79. The van der Waals surface area contributed by atoms with Gasteiger partial charge in [-0.15, -0.1) is 0 Å². The lowest BCUT2D eigenvalue weighted by molar-refractivity contribution is 0.108.